The van der Waals surface area contributed by atoms with E-state index in [1.54, 1.807) is 0 Å². The third-order valence-electron chi connectivity index (χ3n) is 1.82. The third kappa shape index (κ3) is 2.05. The molecular formula is C9H7Cl2N3. The maximum Gasteiger partial charge on any atom is 0.242 e. The Balaban J connectivity index is 2.23. The van der Waals surface area contributed by atoms with Gasteiger partial charge in [0.15, 0.2) is 0 Å². The van der Waals surface area contributed by atoms with Gasteiger partial charge < -0.3 is 0 Å². The Bertz CT molecular complexity index is 439. The molecule has 0 unspecified atom stereocenters. The van der Waals surface area contributed by atoms with Crippen LogP contribution in [0.4, 0.5) is 0 Å². The van der Waals surface area contributed by atoms with Gasteiger partial charge in [0.1, 0.15) is 5.82 Å². The minimum Gasteiger partial charge on any atom is -0.261 e. The molecule has 2 rings (SSSR count). The van der Waals surface area contributed by atoms with E-state index < -0.39 is 0 Å². The second kappa shape index (κ2) is 3.98. The van der Waals surface area contributed by atoms with Crippen molar-refractivity contribution in [2.75, 3.05) is 0 Å². The lowest BCUT2D eigenvalue weighted by atomic mass is 10.1. The SMILES string of the molecule is Clc1n[nH]c(Cc2ccccc2Cl)n1. The van der Waals surface area contributed by atoms with E-state index in [1.165, 1.54) is 0 Å². The zero-order chi connectivity index (χ0) is 9.97. The molecule has 1 N–H and O–H groups in total. The fourth-order valence-corrected chi connectivity index (χ4v) is 1.52. The molecule has 0 saturated heterocycles. The minimum absolute atomic E-state index is 0.229. The van der Waals surface area contributed by atoms with Gasteiger partial charge >= 0.3 is 0 Å². The van der Waals surface area contributed by atoms with Crippen LogP contribution in [0.3, 0.4) is 0 Å². The minimum atomic E-state index is 0.229. The van der Waals surface area contributed by atoms with Gasteiger partial charge in [0.25, 0.3) is 0 Å². The number of halogens is 2. The Labute approximate surface area is 91.1 Å². The van der Waals surface area contributed by atoms with Gasteiger partial charge in [-0.05, 0) is 23.2 Å². The molecule has 1 aromatic heterocycles. The second-order valence-corrected chi connectivity index (χ2v) is 3.56. The number of nitrogens with zero attached hydrogens (tertiary/aromatic N) is 2. The molecule has 0 atom stereocenters. The summed E-state index contributed by atoms with van der Waals surface area (Å²) in [6.07, 6.45) is 0.611. The summed E-state index contributed by atoms with van der Waals surface area (Å²) in [5, 5.41) is 7.41. The summed E-state index contributed by atoms with van der Waals surface area (Å²) in [5.74, 6) is 0.711. The molecule has 0 aliphatic rings. The van der Waals surface area contributed by atoms with Gasteiger partial charge in [0, 0.05) is 11.4 Å². The van der Waals surface area contributed by atoms with Crippen LogP contribution in [0.25, 0.3) is 0 Å². The highest BCUT2D eigenvalue weighted by Gasteiger charge is 2.04. The number of rotatable bonds is 2. The molecule has 3 nitrogen and oxygen atoms in total. The predicted octanol–water partition coefficient (Wildman–Crippen LogP) is 2.70. The number of nitrogens with one attached hydrogen (secondary N) is 1. The van der Waals surface area contributed by atoms with Crippen LogP contribution >= 0.6 is 23.2 Å². The van der Waals surface area contributed by atoms with Crippen LogP contribution in [-0.2, 0) is 6.42 Å². The summed E-state index contributed by atoms with van der Waals surface area (Å²) in [5.41, 5.74) is 1.00. The van der Waals surface area contributed by atoms with Crippen molar-refractivity contribution in [3.63, 3.8) is 0 Å². The van der Waals surface area contributed by atoms with Crippen molar-refractivity contribution in [3.05, 3.63) is 46.0 Å². The molecule has 0 saturated carbocycles. The second-order valence-electron chi connectivity index (χ2n) is 2.82. The number of H-pyrrole nitrogens is 1. The summed E-state index contributed by atoms with van der Waals surface area (Å²) < 4.78 is 0. The normalized spacial score (nSPS) is 10.4. The quantitative estimate of drug-likeness (QED) is 0.858. The fraction of sp³-hybridized carbons (Fsp3) is 0.111. The third-order valence-corrected chi connectivity index (χ3v) is 2.36. The van der Waals surface area contributed by atoms with E-state index in [2.05, 4.69) is 15.2 Å². The van der Waals surface area contributed by atoms with E-state index in [-0.39, 0.29) is 5.28 Å². The molecule has 0 aliphatic heterocycles. The molecule has 0 radical (unpaired) electrons. The van der Waals surface area contributed by atoms with E-state index in [0.29, 0.717) is 12.2 Å². The first-order valence-corrected chi connectivity index (χ1v) is 4.81. The summed E-state index contributed by atoms with van der Waals surface area (Å²) in [6, 6.07) is 7.60. The average Bonchev–Trinajstić information content (AvgIpc) is 2.56. The van der Waals surface area contributed by atoms with Gasteiger partial charge in [0.05, 0.1) is 0 Å². The van der Waals surface area contributed by atoms with Crippen LogP contribution in [0.1, 0.15) is 11.4 Å². The van der Waals surface area contributed by atoms with Crippen molar-refractivity contribution in [2.45, 2.75) is 6.42 Å². The first-order valence-electron chi connectivity index (χ1n) is 4.06. The molecular weight excluding hydrogens is 221 g/mol. The van der Waals surface area contributed by atoms with Crippen molar-refractivity contribution in [2.24, 2.45) is 0 Å². The highest BCUT2D eigenvalue weighted by atomic mass is 35.5. The molecule has 0 spiro atoms. The van der Waals surface area contributed by atoms with Crippen LogP contribution in [0.5, 0.6) is 0 Å². The number of benzene rings is 1. The van der Waals surface area contributed by atoms with E-state index >= 15 is 0 Å². The molecule has 0 aliphatic carbocycles. The maximum atomic E-state index is 5.99. The molecule has 72 valence electrons. The van der Waals surface area contributed by atoms with E-state index in [4.69, 9.17) is 23.2 Å². The zero-order valence-electron chi connectivity index (χ0n) is 7.17. The van der Waals surface area contributed by atoms with Crippen molar-refractivity contribution in [1.82, 2.24) is 15.2 Å². The Morgan fingerprint density at radius 2 is 2.00 bits per heavy atom. The number of aromatic amines is 1. The summed E-state index contributed by atoms with van der Waals surface area (Å²) in [6.45, 7) is 0. The molecule has 0 fully saturated rings. The lowest BCUT2D eigenvalue weighted by molar-refractivity contribution is 0.972. The zero-order valence-corrected chi connectivity index (χ0v) is 8.68. The molecule has 5 heteroatoms. The highest BCUT2D eigenvalue weighted by molar-refractivity contribution is 6.31. The molecule has 2 aromatic rings. The Hall–Kier alpha value is -1.06. The van der Waals surface area contributed by atoms with Gasteiger partial charge in [-0.25, -0.2) is 4.98 Å². The van der Waals surface area contributed by atoms with E-state index in [9.17, 15) is 0 Å². The Kier molecular flexibility index (Phi) is 2.70. The van der Waals surface area contributed by atoms with Gasteiger partial charge in [-0.2, -0.15) is 0 Å². The van der Waals surface area contributed by atoms with Gasteiger partial charge in [0.2, 0.25) is 5.28 Å². The van der Waals surface area contributed by atoms with Gasteiger partial charge in [-0.3, -0.25) is 5.10 Å². The molecule has 0 amide bonds. The molecule has 14 heavy (non-hydrogen) atoms. The topological polar surface area (TPSA) is 41.6 Å². The van der Waals surface area contributed by atoms with Crippen molar-refractivity contribution < 1.29 is 0 Å². The Morgan fingerprint density at radius 3 is 2.64 bits per heavy atom. The van der Waals surface area contributed by atoms with Crippen LogP contribution < -0.4 is 0 Å². The Morgan fingerprint density at radius 1 is 1.21 bits per heavy atom. The monoisotopic (exact) mass is 227 g/mol. The van der Waals surface area contributed by atoms with Crippen LogP contribution in [-0.4, -0.2) is 15.2 Å². The first-order chi connectivity index (χ1) is 6.75. The lowest BCUT2D eigenvalue weighted by Crippen LogP contribution is -1.91. The van der Waals surface area contributed by atoms with Gasteiger partial charge in [-0.1, -0.05) is 29.8 Å². The average molecular weight is 228 g/mol. The van der Waals surface area contributed by atoms with Crippen molar-refractivity contribution >= 4 is 23.2 Å². The first kappa shape index (κ1) is 9.49. The summed E-state index contributed by atoms with van der Waals surface area (Å²) in [4.78, 5) is 3.99. The fourth-order valence-electron chi connectivity index (χ4n) is 1.17. The van der Waals surface area contributed by atoms with Crippen molar-refractivity contribution in [3.8, 4) is 0 Å². The summed E-state index contributed by atoms with van der Waals surface area (Å²) in [7, 11) is 0. The van der Waals surface area contributed by atoms with E-state index in [0.717, 1.165) is 10.6 Å². The molecule has 1 aromatic carbocycles. The van der Waals surface area contributed by atoms with Crippen LogP contribution in [0, 0.1) is 0 Å². The molecule has 1 heterocycles. The lowest BCUT2D eigenvalue weighted by Gasteiger charge is -1.99. The van der Waals surface area contributed by atoms with Crippen LogP contribution in [0.2, 0.25) is 10.3 Å². The van der Waals surface area contributed by atoms with Crippen molar-refractivity contribution in [1.29, 1.82) is 0 Å². The maximum absolute atomic E-state index is 5.99. The number of hydrogen-bond donors (Lipinski definition) is 1. The summed E-state index contributed by atoms with van der Waals surface area (Å²) >= 11 is 11.6. The molecule has 0 bridgehead atoms. The number of aromatic nitrogens is 3. The predicted molar refractivity (Wildman–Crippen MR) is 55.7 cm³/mol. The largest absolute Gasteiger partial charge is 0.261 e. The highest BCUT2D eigenvalue weighted by Crippen LogP contribution is 2.17. The number of hydrogen-bond acceptors (Lipinski definition) is 2. The smallest absolute Gasteiger partial charge is 0.242 e. The van der Waals surface area contributed by atoms with Crippen LogP contribution in [0.15, 0.2) is 24.3 Å². The van der Waals surface area contributed by atoms with E-state index in [1.807, 2.05) is 24.3 Å². The standard InChI is InChI=1S/C9H7Cl2N3/c10-7-4-2-1-3-6(7)5-8-12-9(11)14-13-8/h1-4H,5H2,(H,12,13,14). The van der Waals surface area contributed by atoms with Gasteiger partial charge in [-0.15, -0.1) is 5.10 Å².